The lowest BCUT2D eigenvalue weighted by molar-refractivity contribution is 0.414. The van der Waals surface area contributed by atoms with Crippen LogP contribution in [0.25, 0.3) is 4.96 Å². The Labute approximate surface area is 100 Å². The molecule has 0 saturated heterocycles. The summed E-state index contributed by atoms with van der Waals surface area (Å²) < 4.78 is 2.38. The molecule has 0 aliphatic heterocycles. The molecule has 16 heavy (non-hydrogen) atoms. The summed E-state index contributed by atoms with van der Waals surface area (Å²) >= 11 is 1.77. The van der Waals surface area contributed by atoms with Crippen molar-refractivity contribution in [2.45, 2.75) is 46.0 Å². The van der Waals surface area contributed by atoms with Crippen LogP contribution < -0.4 is 0 Å². The smallest absolute Gasteiger partial charge is 0.194 e. The molecule has 0 bridgehead atoms. The van der Waals surface area contributed by atoms with E-state index in [2.05, 4.69) is 23.6 Å². The number of aryl methyl sites for hydroxylation is 2. The predicted molar refractivity (Wildman–Crippen MR) is 68.2 cm³/mol. The van der Waals surface area contributed by atoms with Gasteiger partial charge in [-0.1, -0.05) is 19.8 Å². The van der Waals surface area contributed by atoms with Crippen LogP contribution in [0.15, 0.2) is 5.38 Å². The van der Waals surface area contributed by atoms with E-state index in [0.29, 0.717) is 0 Å². The highest BCUT2D eigenvalue weighted by Crippen LogP contribution is 2.31. The molecule has 1 aliphatic rings. The maximum atomic E-state index is 4.75. The lowest BCUT2D eigenvalue weighted by Gasteiger charge is -2.21. The van der Waals surface area contributed by atoms with Gasteiger partial charge in [-0.15, -0.1) is 11.3 Å². The van der Waals surface area contributed by atoms with E-state index >= 15 is 0 Å². The highest BCUT2D eigenvalue weighted by Gasteiger charge is 2.23. The van der Waals surface area contributed by atoms with Crippen LogP contribution in [0.5, 0.6) is 0 Å². The number of rotatable bonds is 2. The largest absolute Gasteiger partial charge is 0.292 e. The van der Waals surface area contributed by atoms with E-state index in [-0.39, 0.29) is 0 Å². The second-order valence-electron chi connectivity index (χ2n) is 4.90. The third kappa shape index (κ3) is 1.49. The van der Waals surface area contributed by atoms with Crippen LogP contribution >= 0.6 is 11.3 Å². The highest BCUT2D eigenvalue weighted by molar-refractivity contribution is 7.15. The highest BCUT2D eigenvalue weighted by atomic mass is 32.1. The molecule has 2 heterocycles. The van der Waals surface area contributed by atoms with Gasteiger partial charge < -0.3 is 0 Å². The minimum atomic E-state index is 0.886. The summed E-state index contributed by atoms with van der Waals surface area (Å²) in [6, 6.07) is 0. The summed E-state index contributed by atoms with van der Waals surface area (Å²) in [4.78, 5) is 5.94. The van der Waals surface area contributed by atoms with Crippen LogP contribution in [-0.2, 0) is 12.8 Å². The van der Waals surface area contributed by atoms with Crippen LogP contribution in [0, 0.1) is 12.8 Å². The zero-order valence-electron chi connectivity index (χ0n) is 9.99. The molecular weight excluding hydrogens is 216 g/mol. The lowest BCUT2D eigenvalue weighted by atomic mass is 9.87. The minimum absolute atomic E-state index is 0.886. The Morgan fingerprint density at radius 3 is 3.25 bits per heavy atom. The first-order valence-corrected chi connectivity index (χ1v) is 7.12. The maximum absolute atomic E-state index is 4.75. The quantitative estimate of drug-likeness (QED) is 0.776. The summed E-state index contributed by atoms with van der Waals surface area (Å²) in [5.74, 6) is 0.886. The zero-order chi connectivity index (χ0) is 11.1. The van der Waals surface area contributed by atoms with Crippen molar-refractivity contribution in [1.82, 2.24) is 9.38 Å². The molecular formula is C13H18N2S. The number of nitrogens with zero attached hydrogens (tertiary/aromatic N) is 2. The third-order valence-corrected chi connectivity index (χ3v) is 4.62. The average Bonchev–Trinajstić information content (AvgIpc) is 2.80. The van der Waals surface area contributed by atoms with Crippen molar-refractivity contribution >= 4 is 16.3 Å². The van der Waals surface area contributed by atoms with Gasteiger partial charge in [-0.2, -0.15) is 0 Å². The van der Waals surface area contributed by atoms with Crippen molar-refractivity contribution in [2.24, 2.45) is 5.92 Å². The second kappa shape index (κ2) is 3.88. The van der Waals surface area contributed by atoms with Gasteiger partial charge in [0.15, 0.2) is 4.96 Å². The molecule has 0 fully saturated rings. The summed E-state index contributed by atoms with van der Waals surface area (Å²) in [6.45, 7) is 4.48. The SMILES string of the molecule is CCCC1CCc2nc3scc(C)n3c2C1. The van der Waals surface area contributed by atoms with Crippen molar-refractivity contribution in [3.05, 3.63) is 22.5 Å². The number of fused-ring (bicyclic) bond motifs is 3. The first-order valence-electron chi connectivity index (χ1n) is 6.24. The van der Waals surface area contributed by atoms with Gasteiger partial charge in [0.1, 0.15) is 0 Å². The molecule has 0 aromatic carbocycles. The Morgan fingerprint density at radius 1 is 1.56 bits per heavy atom. The molecule has 0 amide bonds. The first-order chi connectivity index (χ1) is 7.79. The molecule has 1 aliphatic carbocycles. The van der Waals surface area contributed by atoms with Crippen molar-refractivity contribution in [2.75, 3.05) is 0 Å². The van der Waals surface area contributed by atoms with Crippen molar-refractivity contribution < 1.29 is 0 Å². The Kier molecular flexibility index (Phi) is 2.51. The molecule has 0 spiro atoms. The summed E-state index contributed by atoms with van der Waals surface area (Å²) in [6.07, 6.45) is 6.45. The van der Waals surface area contributed by atoms with Gasteiger partial charge in [-0.05, 0) is 32.1 Å². The monoisotopic (exact) mass is 234 g/mol. The van der Waals surface area contributed by atoms with E-state index in [0.717, 1.165) is 5.92 Å². The Bertz CT molecular complexity index is 509. The lowest BCUT2D eigenvalue weighted by Crippen LogP contribution is -2.15. The van der Waals surface area contributed by atoms with E-state index in [1.165, 1.54) is 54.1 Å². The van der Waals surface area contributed by atoms with Gasteiger partial charge in [0.05, 0.1) is 5.69 Å². The van der Waals surface area contributed by atoms with Gasteiger partial charge in [0.2, 0.25) is 0 Å². The Balaban J connectivity index is 2.03. The molecule has 1 atom stereocenters. The molecule has 1 unspecified atom stereocenters. The average molecular weight is 234 g/mol. The number of imidazole rings is 1. The summed E-state index contributed by atoms with van der Waals surface area (Å²) in [5, 5.41) is 2.21. The fourth-order valence-corrected chi connectivity index (χ4v) is 3.79. The minimum Gasteiger partial charge on any atom is -0.292 e. The normalized spacial score (nSPS) is 20.2. The number of hydrogen-bond acceptors (Lipinski definition) is 2. The molecule has 86 valence electrons. The molecule has 2 aromatic heterocycles. The summed E-state index contributed by atoms with van der Waals surface area (Å²) in [7, 11) is 0. The number of thiazole rings is 1. The maximum Gasteiger partial charge on any atom is 0.194 e. The molecule has 3 heteroatoms. The standard InChI is InChI=1S/C13H18N2S/c1-3-4-10-5-6-11-12(7-10)15-9(2)8-16-13(15)14-11/h8,10H,3-7H2,1-2H3. The fourth-order valence-electron chi connectivity index (χ4n) is 2.89. The molecule has 3 rings (SSSR count). The van der Waals surface area contributed by atoms with E-state index in [4.69, 9.17) is 4.98 Å². The van der Waals surface area contributed by atoms with Crippen LogP contribution in [0.2, 0.25) is 0 Å². The molecule has 2 aromatic rings. The molecule has 0 saturated carbocycles. The van der Waals surface area contributed by atoms with Crippen molar-refractivity contribution in [3.63, 3.8) is 0 Å². The number of hydrogen-bond donors (Lipinski definition) is 0. The van der Waals surface area contributed by atoms with Crippen LogP contribution in [0.3, 0.4) is 0 Å². The van der Waals surface area contributed by atoms with Crippen LogP contribution in [-0.4, -0.2) is 9.38 Å². The van der Waals surface area contributed by atoms with Crippen LogP contribution in [0.1, 0.15) is 43.3 Å². The van der Waals surface area contributed by atoms with Crippen molar-refractivity contribution in [1.29, 1.82) is 0 Å². The van der Waals surface area contributed by atoms with Crippen LogP contribution in [0.4, 0.5) is 0 Å². The van der Waals surface area contributed by atoms with Crippen molar-refractivity contribution in [3.8, 4) is 0 Å². The van der Waals surface area contributed by atoms with Gasteiger partial charge in [-0.25, -0.2) is 4.98 Å². The van der Waals surface area contributed by atoms with Gasteiger partial charge >= 0.3 is 0 Å². The van der Waals surface area contributed by atoms with Gasteiger partial charge in [0, 0.05) is 16.8 Å². The van der Waals surface area contributed by atoms with Gasteiger partial charge in [-0.3, -0.25) is 4.40 Å². The van der Waals surface area contributed by atoms with E-state index < -0.39 is 0 Å². The Hall–Kier alpha value is -0.830. The topological polar surface area (TPSA) is 17.3 Å². The Morgan fingerprint density at radius 2 is 2.44 bits per heavy atom. The van der Waals surface area contributed by atoms with E-state index in [9.17, 15) is 0 Å². The number of aromatic nitrogens is 2. The molecule has 0 radical (unpaired) electrons. The summed E-state index contributed by atoms with van der Waals surface area (Å²) in [5.41, 5.74) is 4.21. The predicted octanol–water partition coefficient (Wildman–Crippen LogP) is 3.61. The third-order valence-electron chi connectivity index (χ3n) is 3.68. The molecule has 0 N–H and O–H groups in total. The van der Waals surface area contributed by atoms with Gasteiger partial charge in [0.25, 0.3) is 0 Å². The first kappa shape index (κ1) is 10.3. The fraction of sp³-hybridized carbons (Fsp3) is 0.615. The van der Waals surface area contributed by atoms with E-state index in [1.807, 2.05) is 0 Å². The molecule has 2 nitrogen and oxygen atoms in total. The second-order valence-corrected chi connectivity index (χ2v) is 5.73. The zero-order valence-corrected chi connectivity index (χ0v) is 10.8. The van der Waals surface area contributed by atoms with E-state index in [1.54, 1.807) is 11.3 Å².